The van der Waals surface area contributed by atoms with Crippen LogP contribution in [0.2, 0.25) is 5.02 Å². The summed E-state index contributed by atoms with van der Waals surface area (Å²) >= 11 is 6.07. The van der Waals surface area contributed by atoms with E-state index in [4.69, 9.17) is 21.1 Å². The third-order valence-corrected chi connectivity index (χ3v) is 4.53. The number of carbonyl (C=O) groups is 2. The number of benzene rings is 3. The number of rotatable bonds is 7. The number of ether oxygens (including phenoxy) is 2. The van der Waals surface area contributed by atoms with Gasteiger partial charge in [0.2, 0.25) is 0 Å². The van der Waals surface area contributed by atoms with E-state index >= 15 is 0 Å². The molecule has 2 amide bonds. The lowest BCUT2D eigenvalue weighted by atomic mass is 10.2. The molecule has 0 unspecified atom stereocenters. The molecule has 0 saturated carbocycles. The van der Waals surface area contributed by atoms with Crippen molar-refractivity contribution in [3.05, 3.63) is 82.9 Å². The van der Waals surface area contributed by atoms with Crippen LogP contribution < -0.4 is 20.1 Å². The van der Waals surface area contributed by atoms with Crippen molar-refractivity contribution < 1.29 is 19.1 Å². The lowest BCUT2D eigenvalue weighted by Crippen LogP contribution is -2.20. The molecular weight excluding hydrogens is 404 g/mol. The summed E-state index contributed by atoms with van der Waals surface area (Å²) in [5, 5.41) is 5.93. The molecule has 0 fully saturated rings. The van der Waals surface area contributed by atoms with Crippen LogP contribution in [0.25, 0.3) is 0 Å². The number of methoxy groups -OCH3 is 1. The van der Waals surface area contributed by atoms with Gasteiger partial charge in [0.05, 0.1) is 12.1 Å². The van der Waals surface area contributed by atoms with Crippen molar-refractivity contribution in [1.82, 2.24) is 0 Å². The molecule has 7 heteroatoms. The molecule has 154 valence electrons. The topological polar surface area (TPSA) is 76.7 Å². The quantitative estimate of drug-likeness (QED) is 0.564. The van der Waals surface area contributed by atoms with Crippen LogP contribution in [-0.2, 0) is 4.79 Å². The van der Waals surface area contributed by atoms with Gasteiger partial charge in [-0.2, -0.15) is 0 Å². The SMILES string of the molecule is COc1ccc(NC(=O)c2ccc(OCC(=O)Nc3ccc(C)cc3)cc2)cc1Cl. The van der Waals surface area contributed by atoms with Crippen LogP contribution in [0.5, 0.6) is 11.5 Å². The molecule has 0 radical (unpaired) electrons. The van der Waals surface area contributed by atoms with Gasteiger partial charge in [-0.15, -0.1) is 0 Å². The molecule has 30 heavy (non-hydrogen) atoms. The molecule has 3 aromatic rings. The first-order valence-corrected chi connectivity index (χ1v) is 9.56. The summed E-state index contributed by atoms with van der Waals surface area (Å²) in [4.78, 5) is 24.4. The van der Waals surface area contributed by atoms with E-state index < -0.39 is 0 Å². The normalized spacial score (nSPS) is 10.2. The van der Waals surface area contributed by atoms with Crippen molar-refractivity contribution in [2.75, 3.05) is 24.4 Å². The predicted octanol–water partition coefficient (Wildman–Crippen LogP) is 4.93. The van der Waals surface area contributed by atoms with Gasteiger partial charge in [-0.25, -0.2) is 0 Å². The van der Waals surface area contributed by atoms with E-state index in [0.717, 1.165) is 5.56 Å². The number of halogens is 1. The summed E-state index contributed by atoms with van der Waals surface area (Å²) in [5.41, 5.74) is 2.82. The zero-order chi connectivity index (χ0) is 21.5. The summed E-state index contributed by atoms with van der Waals surface area (Å²) in [7, 11) is 1.52. The molecule has 6 nitrogen and oxygen atoms in total. The first-order valence-electron chi connectivity index (χ1n) is 9.19. The number of nitrogens with one attached hydrogen (secondary N) is 2. The van der Waals surface area contributed by atoms with Crippen LogP contribution in [0, 0.1) is 6.92 Å². The van der Waals surface area contributed by atoms with Gasteiger partial charge in [0.15, 0.2) is 6.61 Å². The largest absolute Gasteiger partial charge is 0.495 e. The maximum Gasteiger partial charge on any atom is 0.262 e. The Morgan fingerprint density at radius 2 is 1.57 bits per heavy atom. The van der Waals surface area contributed by atoms with Gasteiger partial charge in [0.1, 0.15) is 11.5 Å². The minimum atomic E-state index is -0.292. The summed E-state index contributed by atoms with van der Waals surface area (Å²) in [6.45, 7) is 1.84. The van der Waals surface area contributed by atoms with Crippen LogP contribution >= 0.6 is 11.6 Å². The average molecular weight is 425 g/mol. The maximum atomic E-state index is 12.4. The third kappa shape index (κ3) is 5.75. The second-order valence-corrected chi connectivity index (χ2v) is 6.94. The maximum absolute atomic E-state index is 12.4. The molecule has 0 saturated heterocycles. The Bertz CT molecular complexity index is 1030. The second kappa shape index (κ2) is 9.80. The Morgan fingerprint density at radius 3 is 2.20 bits per heavy atom. The fraction of sp³-hybridized carbons (Fsp3) is 0.130. The predicted molar refractivity (Wildman–Crippen MR) is 118 cm³/mol. The van der Waals surface area contributed by atoms with Gasteiger partial charge >= 0.3 is 0 Å². The fourth-order valence-electron chi connectivity index (χ4n) is 2.63. The Kier molecular flexibility index (Phi) is 6.93. The number of hydrogen-bond acceptors (Lipinski definition) is 4. The molecule has 3 aromatic carbocycles. The van der Waals surface area contributed by atoms with E-state index in [0.29, 0.717) is 33.5 Å². The van der Waals surface area contributed by atoms with E-state index in [1.165, 1.54) is 7.11 Å². The standard InChI is InChI=1S/C23H21ClN2O4/c1-15-3-7-17(8-4-15)25-22(27)14-30-19-10-5-16(6-11-19)23(28)26-18-9-12-21(29-2)20(24)13-18/h3-13H,14H2,1-2H3,(H,25,27)(H,26,28). The smallest absolute Gasteiger partial charge is 0.262 e. The Labute approximate surface area is 179 Å². The first-order chi connectivity index (χ1) is 14.4. The molecule has 3 rings (SSSR count). The molecule has 0 aliphatic rings. The van der Waals surface area contributed by atoms with Crippen LogP contribution in [0.3, 0.4) is 0 Å². The highest BCUT2D eigenvalue weighted by Crippen LogP contribution is 2.27. The van der Waals surface area contributed by atoms with E-state index in [1.54, 1.807) is 42.5 Å². The molecule has 0 heterocycles. The van der Waals surface area contributed by atoms with Crippen LogP contribution in [0.4, 0.5) is 11.4 Å². The number of carbonyl (C=O) groups excluding carboxylic acids is 2. The molecule has 0 aromatic heterocycles. The van der Waals surface area contributed by atoms with E-state index in [2.05, 4.69) is 10.6 Å². The Hall–Kier alpha value is -3.51. The van der Waals surface area contributed by atoms with Crippen LogP contribution in [-0.4, -0.2) is 25.5 Å². The monoisotopic (exact) mass is 424 g/mol. The number of anilines is 2. The highest BCUT2D eigenvalue weighted by molar-refractivity contribution is 6.32. The number of amides is 2. The van der Waals surface area contributed by atoms with E-state index in [9.17, 15) is 9.59 Å². The van der Waals surface area contributed by atoms with E-state index in [-0.39, 0.29) is 18.4 Å². The van der Waals surface area contributed by atoms with Crippen molar-refractivity contribution in [3.8, 4) is 11.5 Å². The highest BCUT2D eigenvalue weighted by Gasteiger charge is 2.09. The molecule has 0 aliphatic heterocycles. The lowest BCUT2D eigenvalue weighted by molar-refractivity contribution is -0.118. The summed E-state index contributed by atoms with van der Waals surface area (Å²) in [6, 6.07) is 19.0. The van der Waals surface area contributed by atoms with Crippen molar-refractivity contribution in [2.24, 2.45) is 0 Å². The minimum absolute atomic E-state index is 0.135. The Balaban J connectivity index is 1.52. The van der Waals surface area contributed by atoms with Gasteiger partial charge in [-0.3, -0.25) is 9.59 Å². The molecular formula is C23H21ClN2O4. The van der Waals surface area contributed by atoms with Gasteiger partial charge in [0, 0.05) is 16.9 Å². The van der Waals surface area contributed by atoms with Crippen molar-refractivity contribution >= 4 is 34.8 Å². The van der Waals surface area contributed by atoms with Crippen LogP contribution in [0.1, 0.15) is 15.9 Å². The zero-order valence-corrected chi connectivity index (χ0v) is 17.3. The van der Waals surface area contributed by atoms with Gasteiger partial charge < -0.3 is 20.1 Å². The summed E-state index contributed by atoms with van der Waals surface area (Å²) in [5.74, 6) is 0.456. The number of hydrogen-bond donors (Lipinski definition) is 2. The number of aryl methyl sites for hydroxylation is 1. The molecule has 0 bridgehead atoms. The zero-order valence-electron chi connectivity index (χ0n) is 16.6. The Morgan fingerprint density at radius 1 is 0.900 bits per heavy atom. The molecule has 2 N–H and O–H groups in total. The third-order valence-electron chi connectivity index (χ3n) is 4.23. The second-order valence-electron chi connectivity index (χ2n) is 6.53. The summed E-state index contributed by atoms with van der Waals surface area (Å²) in [6.07, 6.45) is 0. The van der Waals surface area contributed by atoms with Crippen LogP contribution in [0.15, 0.2) is 66.7 Å². The molecule has 0 atom stereocenters. The lowest BCUT2D eigenvalue weighted by Gasteiger charge is -2.10. The highest BCUT2D eigenvalue weighted by atomic mass is 35.5. The van der Waals surface area contributed by atoms with E-state index in [1.807, 2.05) is 31.2 Å². The van der Waals surface area contributed by atoms with Gasteiger partial charge in [-0.05, 0) is 61.5 Å². The van der Waals surface area contributed by atoms with Gasteiger partial charge in [-0.1, -0.05) is 29.3 Å². The molecule has 0 aliphatic carbocycles. The fourth-order valence-corrected chi connectivity index (χ4v) is 2.89. The molecule has 0 spiro atoms. The van der Waals surface area contributed by atoms with Crippen molar-refractivity contribution in [2.45, 2.75) is 6.92 Å². The van der Waals surface area contributed by atoms with Gasteiger partial charge in [0.25, 0.3) is 11.8 Å². The summed E-state index contributed by atoms with van der Waals surface area (Å²) < 4.78 is 10.6. The minimum Gasteiger partial charge on any atom is -0.495 e. The van der Waals surface area contributed by atoms with Crippen molar-refractivity contribution in [1.29, 1.82) is 0 Å². The first kappa shape index (κ1) is 21.2. The van der Waals surface area contributed by atoms with Crippen molar-refractivity contribution in [3.63, 3.8) is 0 Å². The average Bonchev–Trinajstić information content (AvgIpc) is 2.74.